The molecule has 0 fully saturated rings. The zero-order valence-electron chi connectivity index (χ0n) is 8.61. The average Bonchev–Trinajstić information content (AvgIpc) is 2.77. The molecular formula is C13H7ClO2S. The van der Waals surface area contributed by atoms with Crippen molar-refractivity contribution in [3.63, 3.8) is 0 Å². The molecule has 0 unspecified atom stereocenters. The Morgan fingerprint density at radius 3 is 2.76 bits per heavy atom. The normalized spacial score (nSPS) is 11.1. The lowest BCUT2D eigenvalue weighted by atomic mass is 10.0. The van der Waals surface area contributed by atoms with Gasteiger partial charge >= 0.3 is 5.97 Å². The molecule has 1 aromatic heterocycles. The van der Waals surface area contributed by atoms with E-state index in [1.54, 1.807) is 12.1 Å². The summed E-state index contributed by atoms with van der Waals surface area (Å²) in [6.07, 6.45) is 0. The summed E-state index contributed by atoms with van der Waals surface area (Å²) in [6, 6.07) is 9.20. The molecule has 0 aliphatic rings. The first-order chi connectivity index (χ1) is 8.18. The first kappa shape index (κ1) is 10.6. The number of carboxylic acid groups (broad SMARTS) is 1. The Bertz CT molecular complexity index is 746. The number of fused-ring (bicyclic) bond motifs is 3. The average molecular weight is 263 g/mol. The van der Waals surface area contributed by atoms with Crippen molar-refractivity contribution in [2.75, 3.05) is 0 Å². The van der Waals surface area contributed by atoms with Gasteiger partial charge in [0.1, 0.15) is 0 Å². The summed E-state index contributed by atoms with van der Waals surface area (Å²) in [5, 5.41) is 14.4. The van der Waals surface area contributed by atoms with Crippen LogP contribution in [0.1, 0.15) is 10.4 Å². The molecule has 0 amide bonds. The van der Waals surface area contributed by atoms with E-state index < -0.39 is 5.97 Å². The van der Waals surface area contributed by atoms with Crippen LogP contribution in [0.25, 0.3) is 20.9 Å². The van der Waals surface area contributed by atoms with Crippen molar-refractivity contribution in [3.05, 3.63) is 46.3 Å². The Hall–Kier alpha value is -1.58. The molecule has 1 N–H and O–H groups in total. The number of hydrogen-bond donors (Lipinski definition) is 1. The quantitative estimate of drug-likeness (QED) is 0.705. The van der Waals surface area contributed by atoms with E-state index in [0.29, 0.717) is 10.6 Å². The smallest absolute Gasteiger partial charge is 0.337 e. The zero-order valence-corrected chi connectivity index (χ0v) is 10.2. The molecule has 0 saturated heterocycles. The Kier molecular flexibility index (Phi) is 2.31. The van der Waals surface area contributed by atoms with Crippen molar-refractivity contribution < 1.29 is 9.90 Å². The number of halogens is 1. The minimum atomic E-state index is -0.917. The molecule has 0 aliphatic heterocycles. The lowest BCUT2D eigenvalue weighted by Crippen LogP contribution is -1.96. The highest BCUT2D eigenvalue weighted by Gasteiger charge is 2.14. The summed E-state index contributed by atoms with van der Waals surface area (Å²) in [5.41, 5.74) is 0.315. The third-order valence-electron chi connectivity index (χ3n) is 2.77. The van der Waals surface area contributed by atoms with Crippen molar-refractivity contribution in [2.45, 2.75) is 0 Å². The highest BCUT2D eigenvalue weighted by molar-refractivity contribution is 7.17. The van der Waals surface area contributed by atoms with Gasteiger partial charge in [-0.1, -0.05) is 23.7 Å². The minimum Gasteiger partial charge on any atom is -0.478 e. The van der Waals surface area contributed by atoms with Crippen LogP contribution in [0.3, 0.4) is 0 Å². The molecule has 0 aliphatic carbocycles. The predicted octanol–water partition coefficient (Wildman–Crippen LogP) is 4.41. The Labute approximate surface area is 106 Å². The number of benzene rings is 2. The lowest BCUT2D eigenvalue weighted by Gasteiger charge is -2.05. The van der Waals surface area contributed by atoms with Gasteiger partial charge in [0.15, 0.2) is 0 Å². The van der Waals surface area contributed by atoms with Crippen LogP contribution in [0.15, 0.2) is 35.7 Å². The van der Waals surface area contributed by atoms with Gasteiger partial charge in [-0.15, -0.1) is 11.3 Å². The second kappa shape index (κ2) is 3.72. The highest BCUT2D eigenvalue weighted by Crippen LogP contribution is 2.35. The number of carbonyl (C=O) groups is 1. The second-order valence-electron chi connectivity index (χ2n) is 3.73. The molecule has 2 aromatic carbocycles. The van der Waals surface area contributed by atoms with E-state index in [9.17, 15) is 9.90 Å². The van der Waals surface area contributed by atoms with E-state index in [1.807, 2.05) is 23.6 Å². The van der Waals surface area contributed by atoms with E-state index in [-0.39, 0.29) is 0 Å². The molecule has 0 spiro atoms. The van der Waals surface area contributed by atoms with Gasteiger partial charge in [-0.3, -0.25) is 0 Å². The Morgan fingerprint density at radius 1 is 1.18 bits per heavy atom. The Balaban J connectivity index is 2.60. The first-order valence-electron chi connectivity index (χ1n) is 5.00. The monoisotopic (exact) mass is 262 g/mol. The number of aromatic carboxylic acids is 1. The van der Waals surface area contributed by atoms with Crippen molar-refractivity contribution >= 4 is 49.8 Å². The highest BCUT2D eigenvalue weighted by atomic mass is 35.5. The fraction of sp³-hybridized carbons (Fsp3) is 0. The number of thiophene rings is 1. The summed E-state index contributed by atoms with van der Waals surface area (Å²) < 4.78 is 0.798. The summed E-state index contributed by atoms with van der Waals surface area (Å²) in [4.78, 5) is 11.2. The van der Waals surface area contributed by atoms with Gasteiger partial charge in [-0.05, 0) is 29.0 Å². The van der Waals surface area contributed by atoms with Gasteiger partial charge in [0.05, 0.1) is 5.56 Å². The Morgan fingerprint density at radius 2 is 2.00 bits per heavy atom. The van der Waals surface area contributed by atoms with E-state index in [1.165, 1.54) is 11.3 Å². The predicted molar refractivity (Wildman–Crippen MR) is 71.3 cm³/mol. The third kappa shape index (κ3) is 1.51. The third-order valence-corrected chi connectivity index (χ3v) is 4.05. The summed E-state index contributed by atoms with van der Waals surface area (Å²) in [7, 11) is 0. The summed E-state index contributed by atoms with van der Waals surface area (Å²) in [6.45, 7) is 0. The van der Waals surface area contributed by atoms with Gasteiger partial charge < -0.3 is 5.11 Å². The summed E-state index contributed by atoms with van der Waals surface area (Å²) >= 11 is 7.55. The van der Waals surface area contributed by atoms with Crippen LogP contribution in [-0.2, 0) is 0 Å². The number of rotatable bonds is 1. The zero-order chi connectivity index (χ0) is 12.0. The van der Waals surface area contributed by atoms with Crippen LogP contribution >= 0.6 is 22.9 Å². The second-order valence-corrected chi connectivity index (χ2v) is 5.05. The van der Waals surface area contributed by atoms with Crippen LogP contribution in [0.4, 0.5) is 0 Å². The van der Waals surface area contributed by atoms with Crippen LogP contribution in [-0.4, -0.2) is 11.1 Å². The number of carboxylic acids is 1. The maximum atomic E-state index is 11.2. The SMILES string of the molecule is O=C(O)c1cc2c(Cl)cccc2c2ccsc12. The van der Waals surface area contributed by atoms with Gasteiger partial charge in [-0.2, -0.15) is 0 Å². The van der Waals surface area contributed by atoms with Crippen LogP contribution in [0.5, 0.6) is 0 Å². The molecule has 0 atom stereocenters. The summed E-state index contributed by atoms with van der Waals surface area (Å²) in [5.74, 6) is -0.917. The maximum Gasteiger partial charge on any atom is 0.337 e. The molecule has 17 heavy (non-hydrogen) atoms. The van der Waals surface area contributed by atoms with Crippen LogP contribution < -0.4 is 0 Å². The van der Waals surface area contributed by atoms with E-state index >= 15 is 0 Å². The molecule has 84 valence electrons. The molecule has 2 nitrogen and oxygen atoms in total. The molecule has 0 bridgehead atoms. The van der Waals surface area contributed by atoms with Gasteiger partial charge in [-0.25, -0.2) is 4.79 Å². The molecule has 3 aromatic rings. The number of hydrogen-bond acceptors (Lipinski definition) is 2. The van der Waals surface area contributed by atoms with Gasteiger partial charge in [0, 0.05) is 20.5 Å². The van der Waals surface area contributed by atoms with E-state index in [4.69, 9.17) is 11.6 Å². The molecule has 0 saturated carbocycles. The van der Waals surface area contributed by atoms with Gasteiger partial charge in [0.25, 0.3) is 0 Å². The van der Waals surface area contributed by atoms with Crippen LogP contribution in [0.2, 0.25) is 5.02 Å². The van der Waals surface area contributed by atoms with Crippen molar-refractivity contribution in [1.29, 1.82) is 0 Å². The fourth-order valence-electron chi connectivity index (χ4n) is 2.02. The minimum absolute atomic E-state index is 0.315. The topological polar surface area (TPSA) is 37.3 Å². The van der Waals surface area contributed by atoms with Gasteiger partial charge in [0.2, 0.25) is 0 Å². The molecule has 3 rings (SSSR count). The van der Waals surface area contributed by atoms with E-state index in [2.05, 4.69) is 0 Å². The van der Waals surface area contributed by atoms with Crippen molar-refractivity contribution in [3.8, 4) is 0 Å². The molecule has 0 radical (unpaired) electrons. The standard InChI is InChI=1S/C13H7ClO2S/c14-11-3-1-2-7-8-4-5-17-12(8)10(13(15)16)6-9(7)11/h1-6H,(H,15,16). The molecule has 1 heterocycles. The van der Waals surface area contributed by atoms with E-state index in [0.717, 1.165) is 20.9 Å². The largest absolute Gasteiger partial charge is 0.478 e. The molecule has 4 heteroatoms. The fourth-order valence-corrected chi connectivity index (χ4v) is 3.16. The lowest BCUT2D eigenvalue weighted by molar-refractivity contribution is 0.0699. The van der Waals surface area contributed by atoms with Crippen molar-refractivity contribution in [2.24, 2.45) is 0 Å². The van der Waals surface area contributed by atoms with Crippen molar-refractivity contribution in [1.82, 2.24) is 0 Å². The van der Waals surface area contributed by atoms with Crippen LogP contribution in [0, 0.1) is 0 Å². The first-order valence-corrected chi connectivity index (χ1v) is 6.26. The molecular weight excluding hydrogens is 256 g/mol. The maximum absolute atomic E-state index is 11.2.